The van der Waals surface area contributed by atoms with Crippen molar-refractivity contribution in [2.75, 3.05) is 0 Å². The van der Waals surface area contributed by atoms with E-state index in [2.05, 4.69) is 76.7 Å². The topological polar surface area (TPSA) is 48.1 Å². The summed E-state index contributed by atoms with van der Waals surface area (Å²) in [6, 6.07) is 3.49. The van der Waals surface area contributed by atoms with Gasteiger partial charge in [0.15, 0.2) is 0 Å². The second-order valence-electron chi connectivity index (χ2n) is 11.5. The van der Waals surface area contributed by atoms with E-state index in [9.17, 15) is 0 Å². The summed E-state index contributed by atoms with van der Waals surface area (Å²) in [4.78, 5) is 0. The molecule has 0 saturated heterocycles. The normalized spacial score (nSPS) is 35.2. The van der Waals surface area contributed by atoms with E-state index >= 15 is 0 Å². The van der Waals surface area contributed by atoms with Gasteiger partial charge in [-0.05, 0) is 91.9 Å². The van der Waals surface area contributed by atoms with Gasteiger partial charge in [0, 0.05) is 41.8 Å². The molecule has 6 unspecified atom stereocenters. The SMILES string of the molecule is CCC(C)NC1CCC(NC(C)CC)(C2(NC(C)CC)CCCCC2NC(C)CC)CC1. The Kier molecular flexibility index (Phi) is 11.5. The molecule has 0 amide bonds. The molecule has 0 aromatic carbocycles. The molecule has 4 heteroatoms. The van der Waals surface area contributed by atoms with Gasteiger partial charge in [0.05, 0.1) is 5.54 Å². The van der Waals surface area contributed by atoms with Gasteiger partial charge >= 0.3 is 0 Å². The summed E-state index contributed by atoms with van der Waals surface area (Å²) in [5, 5.41) is 16.7. The molecule has 0 spiro atoms. The average Bonchev–Trinajstić information content (AvgIpc) is 2.81. The van der Waals surface area contributed by atoms with Crippen molar-refractivity contribution in [1.82, 2.24) is 21.3 Å². The molecule has 0 aromatic rings. The van der Waals surface area contributed by atoms with Crippen molar-refractivity contribution in [3.05, 3.63) is 0 Å². The summed E-state index contributed by atoms with van der Waals surface area (Å²) in [5.41, 5.74) is 0.278. The van der Waals surface area contributed by atoms with Gasteiger partial charge in [0.1, 0.15) is 0 Å². The fourth-order valence-electron chi connectivity index (χ4n) is 6.38. The Bertz CT molecular complexity index is 516. The van der Waals surface area contributed by atoms with Crippen LogP contribution >= 0.6 is 0 Å². The fourth-order valence-corrected chi connectivity index (χ4v) is 6.38. The molecule has 2 rings (SSSR count). The molecule has 0 aliphatic heterocycles. The number of nitrogens with one attached hydrogen (secondary N) is 4. The van der Waals surface area contributed by atoms with Crippen molar-refractivity contribution in [2.24, 2.45) is 0 Å². The number of hydrogen-bond acceptors (Lipinski definition) is 4. The van der Waals surface area contributed by atoms with E-state index in [-0.39, 0.29) is 11.1 Å². The zero-order valence-electron chi connectivity index (χ0n) is 22.9. The lowest BCUT2D eigenvalue weighted by atomic mass is 9.58. The Hall–Kier alpha value is -0.160. The van der Waals surface area contributed by atoms with Crippen LogP contribution in [0.25, 0.3) is 0 Å². The first-order valence-corrected chi connectivity index (χ1v) is 14.3. The van der Waals surface area contributed by atoms with Crippen LogP contribution in [-0.4, -0.2) is 47.3 Å². The van der Waals surface area contributed by atoms with Gasteiger partial charge in [-0.25, -0.2) is 0 Å². The number of hydrogen-bond donors (Lipinski definition) is 4. The van der Waals surface area contributed by atoms with Crippen LogP contribution in [0.2, 0.25) is 0 Å². The van der Waals surface area contributed by atoms with Gasteiger partial charge in [0.2, 0.25) is 0 Å². The maximum Gasteiger partial charge on any atom is 0.0521 e. The maximum absolute atomic E-state index is 4.32. The highest BCUT2D eigenvalue weighted by Gasteiger charge is 2.57. The summed E-state index contributed by atoms with van der Waals surface area (Å²) in [5.74, 6) is 0. The second-order valence-corrected chi connectivity index (χ2v) is 11.5. The highest BCUT2D eigenvalue weighted by Crippen LogP contribution is 2.46. The number of rotatable bonds is 13. The molecule has 0 bridgehead atoms. The molecule has 2 saturated carbocycles. The largest absolute Gasteiger partial charge is 0.312 e. The van der Waals surface area contributed by atoms with Crippen LogP contribution in [0, 0.1) is 0 Å². The highest BCUT2D eigenvalue weighted by molar-refractivity contribution is 5.20. The summed E-state index contributed by atoms with van der Waals surface area (Å²) in [7, 11) is 0. The molecule has 32 heavy (non-hydrogen) atoms. The molecule has 190 valence electrons. The fraction of sp³-hybridized carbons (Fsp3) is 1.00. The minimum absolute atomic E-state index is 0.120. The Labute approximate surface area is 201 Å². The van der Waals surface area contributed by atoms with Crippen LogP contribution in [-0.2, 0) is 0 Å². The van der Waals surface area contributed by atoms with Crippen molar-refractivity contribution in [2.45, 2.75) is 180 Å². The molecular formula is C28H58N4. The molecule has 4 nitrogen and oxygen atoms in total. The molecule has 0 heterocycles. The summed E-state index contributed by atoms with van der Waals surface area (Å²) in [6.07, 6.45) is 15.2. The van der Waals surface area contributed by atoms with E-state index in [1.807, 2.05) is 0 Å². The highest BCUT2D eigenvalue weighted by atomic mass is 15.2. The van der Waals surface area contributed by atoms with Crippen LogP contribution < -0.4 is 21.3 Å². The Morgan fingerprint density at radius 3 is 1.72 bits per heavy atom. The van der Waals surface area contributed by atoms with Crippen LogP contribution in [0.5, 0.6) is 0 Å². The van der Waals surface area contributed by atoms with E-state index in [4.69, 9.17) is 0 Å². The van der Waals surface area contributed by atoms with E-state index in [0.29, 0.717) is 36.3 Å². The Morgan fingerprint density at radius 1 is 0.625 bits per heavy atom. The minimum Gasteiger partial charge on any atom is -0.312 e. The zero-order valence-corrected chi connectivity index (χ0v) is 22.9. The summed E-state index contributed by atoms with van der Waals surface area (Å²) >= 11 is 0. The quantitative estimate of drug-likeness (QED) is 0.282. The lowest BCUT2D eigenvalue weighted by Crippen LogP contribution is -2.80. The third-order valence-electron chi connectivity index (χ3n) is 9.08. The van der Waals surface area contributed by atoms with E-state index < -0.39 is 0 Å². The first-order valence-electron chi connectivity index (χ1n) is 14.3. The Balaban J connectivity index is 2.43. The minimum atomic E-state index is 0.120. The maximum atomic E-state index is 4.32. The first kappa shape index (κ1) is 28.1. The predicted octanol–water partition coefficient (Wildman–Crippen LogP) is 5.90. The van der Waals surface area contributed by atoms with E-state index in [1.54, 1.807) is 0 Å². The van der Waals surface area contributed by atoms with Crippen molar-refractivity contribution in [3.8, 4) is 0 Å². The van der Waals surface area contributed by atoms with E-state index in [0.717, 1.165) is 0 Å². The van der Waals surface area contributed by atoms with Crippen LogP contribution in [0.4, 0.5) is 0 Å². The van der Waals surface area contributed by atoms with Crippen molar-refractivity contribution in [1.29, 1.82) is 0 Å². The average molecular weight is 451 g/mol. The summed E-state index contributed by atoms with van der Waals surface area (Å²) < 4.78 is 0. The van der Waals surface area contributed by atoms with Gasteiger partial charge < -0.3 is 21.3 Å². The predicted molar refractivity (Wildman–Crippen MR) is 142 cm³/mol. The van der Waals surface area contributed by atoms with Gasteiger partial charge in [-0.3, -0.25) is 0 Å². The van der Waals surface area contributed by atoms with Crippen LogP contribution in [0.3, 0.4) is 0 Å². The lowest BCUT2D eigenvalue weighted by molar-refractivity contribution is -0.000645. The molecule has 0 aromatic heterocycles. The van der Waals surface area contributed by atoms with Crippen molar-refractivity contribution < 1.29 is 0 Å². The van der Waals surface area contributed by atoms with Crippen molar-refractivity contribution in [3.63, 3.8) is 0 Å². The first-order chi connectivity index (χ1) is 15.3. The molecular weight excluding hydrogens is 392 g/mol. The van der Waals surface area contributed by atoms with Gasteiger partial charge in [-0.1, -0.05) is 40.5 Å². The summed E-state index contributed by atoms with van der Waals surface area (Å²) in [6.45, 7) is 18.8. The lowest BCUT2D eigenvalue weighted by Gasteiger charge is -2.61. The van der Waals surface area contributed by atoms with Gasteiger partial charge in [-0.15, -0.1) is 0 Å². The molecule has 0 radical (unpaired) electrons. The third-order valence-corrected chi connectivity index (χ3v) is 9.08. The zero-order chi connectivity index (χ0) is 23.8. The second kappa shape index (κ2) is 13.1. The molecule has 6 atom stereocenters. The Morgan fingerprint density at radius 2 is 1.16 bits per heavy atom. The molecule has 2 fully saturated rings. The van der Waals surface area contributed by atoms with Crippen LogP contribution in [0.1, 0.15) is 132 Å². The standard InChI is InChI=1S/C28H58N4/c1-9-21(5)29-25-16-19-27(20-17-25,31-23(7)11-3)28(32-24(8)12-4)18-14-13-15-26(28)30-22(6)10-2/h21-26,29-32H,9-20H2,1-8H3. The molecule has 4 N–H and O–H groups in total. The van der Waals surface area contributed by atoms with E-state index in [1.165, 1.54) is 77.0 Å². The van der Waals surface area contributed by atoms with Crippen LogP contribution in [0.15, 0.2) is 0 Å². The third kappa shape index (κ3) is 6.71. The monoisotopic (exact) mass is 450 g/mol. The van der Waals surface area contributed by atoms with Gasteiger partial charge in [-0.2, -0.15) is 0 Å². The smallest absolute Gasteiger partial charge is 0.0521 e. The van der Waals surface area contributed by atoms with Crippen molar-refractivity contribution >= 4 is 0 Å². The molecule has 2 aliphatic carbocycles. The van der Waals surface area contributed by atoms with Gasteiger partial charge in [0.25, 0.3) is 0 Å². The molecule has 2 aliphatic rings.